The van der Waals surface area contributed by atoms with Crippen LogP contribution in [0.15, 0.2) is 30.5 Å². The zero-order valence-corrected chi connectivity index (χ0v) is 23.8. The third-order valence-electron chi connectivity index (χ3n) is 6.18. The number of anilines is 1. The number of ether oxygens (including phenoxy) is 4. The molecule has 9 nitrogen and oxygen atoms in total. The lowest BCUT2D eigenvalue weighted by Crippen LogP contribution is -2.42. The van der Waals surface area contributed by atoms with Crippen molar-refractivity contribution in [2.24, 2.45) is 0 Å². The number of aromatic nitrogens is 2. The van der Waals surface area contributed by atoms with E-state index in [0.717, 1.165) is 16.5 Å². The summed E-state index contributed by atoms with van der Waals surface area (Å²) in [5.41, 5.74) is 1.54. The van der Waals surface area contributed by atoms with Gasteiger partial charge in [-0.05, 0) is 44.9 Å². The van der Waals surface area contributed by atoms with E-state index in [1.807, 2.05) is 39.0 Å². The van der Waals surface area contributed by atoms with Crippen LogP contribution in [0, 0.1) is 0 Å². The molecule has 1 amide bonds. The molecule has 0 saturated carbocycles. The summed E-state index contributed by atoms with van der Waals surface area (Å²) < 4.78 is 21.7. The van der Waals surface area contributed by atoms with Gasteiger partial charge in [-0.15, -0.1) is 0 Å². The van der Waals surface area contributed by atoms with E-state index in [0.29, 0.717) is 52.6 Å². The third-order valence-corrected chi connectivity index (χ3v) is 6.93. The highest BCUT2D eigenvalue weighted by Crippen LogP contribution is 2.46. The van der Waals surface area contributed by atoms with Gasteiger partial charge in [-0.3, -0.25) is 0 Å². The van der Waals surface area contributed by atoms with Crippen molar-refractivity contribution in [3.05, 3.63) is 40.5 Å². The minimum Gasteiger partial charge on any atom is -0.495 e. The summed E-state index contributed by atoms with van der Waals surface area (Å²) in [6.45, 7) is 6.42. The molecule has 1 saturated heterocycles. The van der Waals surface area contributed by atoms with Crippen LogP contribution in [0.3, 0.4) is 0 Å². The van der Waals surface area contributed by atoms with Gasteiger partial charge in [-0.2, -0.15) is 0 Å². The molecule has 11 heteroatoms. The number of halogens is 2. The molecule has 1 aliphatic rings. The maximum Gasteiger partial charge on any atom is 0.410 e. The first-order chi connectivity index (χ1) is 18.0. The molecule has 4 rings (SSSR count). The molecular formula is C27H32Cl2N4O5. The van der Waals surface area contributed by atoms with E-state index in [1.54, 1.807) is 24.3 Å². The van der Waals surface area contributed by atoms with Gasteiger partial charge in [0.05, 0.1) is 42.4 Å². The number of fused-ring (bicyclic) bond motifs is 1. The van der Waals surface area contributed by atoms with E-state index in [9.17, 15) is 4.79 Å². The second kappa shape index (κ2) is 11.4. The second-order valence-electron chi connectivity index (χ2n) is 10.1. The fraction of sp³-hybridized carbons (Fsp3) is 0.444. The van der Waals surface area contributed by atoms with Gasteiger partial charge in [0.15, 0.2) is 0 Å². The molecule has 0 unspecified atom stereocenters. The van der Waals surface area contributed by atoms with Crippen molar-refractivity contribution < 1.29 is 23.7 Å². The molecule has 0 bridgehead atoms. The van der Waals surface area contributed by atoms with Crippen molar-refractivity contribution in [1.82, 2.24) is 14.9 Å². The summed E-state index contributed by atoms with van der Waals surface area (Å²) in [5.74, 6) is 1.39. The van der Waals surface area contributed by atoms with E-state index in [4.69, 9.17) is 42.1 Å². The topological polar surface area (TPSA) is 95.0 Å². The van der Waals surface area contributed by atoms with E-state index in [-0.39, 0.29) is 18.2 Å². The summed E-state index contributed by atoms with van der Waals surface area (Å²) in [5, 5.41) is 4.94. The molecule has 1 aromatic heterocycles. The Kier molecular flexibility index (Phi) is 8.40. The Hall–Kier alpha value is -3.01. The molecule has 0 aliphatic carbocycles. The van der Waals surface area contributed by atoms with Crippen LogP contribution in [0.4, 0.5) is 10.7 Å². The maximum atomic E-state index is 12.8. The molecule has 38 heavy (non-hydrogen) atoms. The molecule has 1 aliphatic heterocycles. The highest BCUT2D eigenvalue weighted by molar-refractivity contribution is 6.41. The predicted octanol–water partition coefficient (Wildman–Crippen LogP) is 6.06. The number of likely N-dealkylation sites (tertiary alicyclic amines) is 1. The molecular weight excluding hydrogens is 531 g/mol. The molecule has 2 heterocycles. The van der Waals surface area contributed by atoms with Crippen molar-refractivity contribution in [2.45, 2.75) is 44.9 Å². The first-order valence-electron chi connectivity index (χ1n) is 12.2. The normalized spacial score (nSPS) is 17.5. The monoisotopic (exact) mass is 562 g/mol. The van der Waals surface area contributed by atoms with Gasteiger partial charge >= 0.3 is 6.09 Å². The van der Waals surface area contributed by atoms with Crippen molar-refractivity contribution >= 4 is 46.1 Å². The minimum absolute atomic E-state index is 0.0544. The van der Waals surface area contributed by atoms with Crippen LogP contribution in [0.25, 0.3) is 22.0 Å². The zero-order valence-electron chi connectivity index (χ0n) is 22.3. The summed E-state index contributed by atoms with van der Waals surface area (Å²) in [6, 6.07) is 7.18. The first-order valence-corrected chi connectivity index (χ1v) is 12.9. The average molecular weight is 563 g/mol. The summed E-state index contributed by atoms with van der Waals surface area (Å²) in [4.78, 5) is 23.7. The number of benzene rings is 2. The van der Waals surface area contributed by atoms with Crippen molar-refractivity contribution in [1.29, 1.82) is 0 Å². The number of methoxy groups -OCH3 is 3. The van der Waals surface area contributed by atoms with Gasteiger partial charge in [0.1, 0.15) is 17.1 Å². The van der Waals surface area contributed by atoms with Crippen LogP contribution >= 0.6 is 23.2 Å². The van der Waals surface area contributed by atoms with E-state index < -0.39 is 5.60 Å². The highest BCUT2D eigenvalue weighted by atomic mass is 35.5. The largest absolute Gasteiger partial charge is 0.495 e. The van der Waals surface area contributed by atoms with Crippen LogP contribution in [-0.4, -0.2) is 73.1 Å². The number of amides is 1. The summed E-state index contributed by atoms with van der Waals surface area (Å²) in [7, 11) is 4.70. The molecule has 1 fully saturated rings. The lowest BCUT2D eigenvalue weighted by molar-refractivity contribution is 0.0147. The smallest absolute Gasteiger partial charge is 0.410 e. The van der Waals surface area contributed by atoms with Crippen LogP contribution in [0.2, 0.25) is 10.0 Å². The van der Waals surface area contributed by atoms with Crippen LogP contribution in [-0.2, 0) is 9.47 Å². The van der Waals surface area contributed by atoms with Crippen molar-refractivity contribution in [3.8, 4) is 22.6 Å². The lowest BCUT2D eigenvalue weighted by Gasteiger charge is -2.28. The van der Waals surface area contributed by atoms with Gasteiger partial charge in [0.2, 0.25) is 5.95 Å². The van der Waals surface area contributed by atoms with E-state index in [2.05, 4.69) is 15.3 Å². The highest BCUT2D eigenvalue weighted by Gasteiger charge is 2.37. The first kappa shape index (κ1) is 28.0. The van der Waals surface area contributed by atoms with Gasteiger partial charge in [-0.1, -0.05) is 29.3 Å². The molecule has 1 N–H and O–H groups in total. The maximum absolute atomic E-state index is 12.8. The number of nitrogens with one attached hydrogen (secondary N) is 1. The zero-order chi connectivity index (χ0) is 27.6. The number of hydrogen-bond donors (Lipinski definition) is 1. The number of hydrogen-bond acceptors (Lipinski definition) is 8. The molecule has 204 valence electrons. The third kappa shape index (κ3) is 6.00. The van der Waals surface area contributed by atoms with Crippen molar-refractivity contribution in [3.63, 3.8) is 0 Å². The van der Waals surface area contributed by atoms with Gasteiger partial charge in [-0.25, -0.2) is 14.8 Å². The van der Waals surface area contributed by atoms with Crippen LogP contribution in [0.5, 0.6) is 11.5 Å². The number of carbonyl (C=O) groups is 1. The van der Waals surface area contributed by atoms with Gasteiger partial charge < -0.3 is 29.2 Å². The molecule has 2 atom stereocenters. The van der Waals surface area contributed by atoms with Gasteiger partial charge in [0.25, 0.3) is 0 Å². The minimum atomic E-state index is -0.578. The molecule has 0 spiro atoms. The summed E-state index contributed by atoms with van der Waals surface area (Å²) >= 11 is 13.2. The van der Waals surface area contributed by atoms with Crippen LogP contribution in [0.1, 0.15) is 27.2 Å². The molecule has 0 radical (unpaired) electrons. The van der Waals surface area contributed by atoms with Gasteiger partial charge in [0, 0.05) is 42.9 Å². The van der Waals surface area contributed by atoms with E-state index in [1.165, 1.54) is 14.2 Å². The predicted molar refractivity (Wildman–Crippen MR) is 149 cm³/mol. The lowest BCUT2D eigenvalue weighted by atomic mass is 10.0. The number of rotatable bonds is 7. The quantitative estimate of drug-likeness (QED) is 0.371. The average Bonchev–Trinajstić information content (AvgIpc) is 3.26. The Labute approximate surface area is 232 Å². The fourth-order valence-corrected chi connectivity index (χ4v) is 5.21. The SMILES string of the molecule is COC[C@@H]1C[C@H](Nc2ncc3cc(-c4c(Cl)c(OC)cc(OC)c4Cl)ccc3n2)CN1C(=O)OC(C)(C)C. The Balaban J connectivity index is 1.56. The Morgan fingerprint density at radius 2 is 1.79 bits per heavy atom. The Morgan fingerprint density at radius 1 is 1.11 bits per heavy atom. The Bertz CT molecular complexity index is 1300. The van der Waals surface area contributed by atoms with Crippen molar-refractivity contribution in [2.75, 3.05) is 39.8 Å². The second-order valence-corrected chi connectivity index (χ2v) is 10.8. The Morgan fingerprint density at radius 3 is 2.39 bits per heavy atom. The standard InChI is InChI=1S/C27H32Cl2N4O5/c1-27(2,3)38-26(34)33-13-17(10-18(33)14-35-4)31-25-30-12-16-9-15(7-8-19(16)32-25)22-23(28)20(36-5)11-21(37-6)24(22)29/h7-9,11-12,17-18H,10,13-14H2,1-6H3,(H,30,31,32)/t17-,18-/m0/s1. The molecule has 3 aromatic rings. The number of nitrogens with zero attached hydrogens (tertiary/aromatic N) is 3. The summed E-state index contributed by atoms with van der Waals surface area (Å²) in [6.07, 6.45) is 2.06. The fourth-order valence-electron chi connectivity index (χ4n) is 4.50. The molecule has 2 aromatic carbocycles. The van der Waals surface area contributed by atoms with Crippen LogP contribution < -0.4 is 14.8 Å². The van der Waals surface area contributed by atoms with E-state index >= 15 is 0 Å². The number of carbonyl (C=O) groups excluding carboxylic acids is 1.